The average Bonchev–Trinajstić information content (AvgIpc) is 2.35. The zero-order valence-corrected chi connectivity index (χ0v) is 14.3. The molecule has 0 saturated carbocycles. The smallest absolute Gasteiger partial charge is 0.162 e. The van der Waals surface area contributed by atoms with Crippen LogP contribution < -0.4 is 9.47 Å². The van der Waals surface area contributed by atoms with Crippen LogP contribution in [0, 0.1) is 0 Å². The molecule has 1 aromatic rings. The highest BCUT2D eigenvalue weighted by Crippen LogP contribution is 2.41. The summed E-state index contributed by atoms with van der Waals surface area (Å²) in [5.41, 5.74) is 0.650. The van der Waals surface area contributed by atoms with Crippen LogP contribution in [-0.4, -0.2) is 34.1 Å². The molecule has 0 amide bonds. The lowest BCUT2D eigenvalue weighted by Crippen LogP contribution is -2.21. The molecule has 0 spiro atoms. The molecule has 4 nitrogen and oxygen atoms in total. The largest absolute Gasteiger partial charge is 0.493 e. The van der Waals surface area contributed by atoms with Gasteiger partial charge in [0, 0.05) is 17.3 Å². The van der Waals surface area contributed by atoms with Crippen molar-refractivity contribution in [3.05, 3.63) is 22.7 Å². The zero-order chi connectivity index (χ0) is 14.8. The predicted octanol–water partition coefficient (Wildman–Crippen LogP) is 3.23. The van der Waals surface area contributed by atoms with Gasteiger partial charge in [-0.2, -0.15) is 0 Å². The van der Waals surface area contributed by atoms with E-state index in [0.29, 0.717) is 22.1 Å². The highest BCUT2D eigenvalue weighted by atomic mass is 79.9. The SMILES string of the molecule is COc1cc(Cl)c(C(Br)C(C)S(C)(=O)=O)cc1OC. The Bertz CT molecular complexity index is 559. The Labute approximate surface area is 127 Å². The third-order valence-corrected chi connectivity index (χ3v) is 6.47. The fraction of sp³-hybridized carbons (Fsp3) is 0.500. The van der Waals surface area contributed by atoms with Crippen molar-refractivity contribution in [2.24, 2.45) is 0 Å². The molecule has 0 aliphatic heterocycles. The minimum absolute atomic E-state index is 0.421. The lowest BCUT2D eigenvalue weighted by molar-refractivity contribution is 0.354. The number of hydrogen-bond donors (Lipinski definition) is 0. The van der Waals surface area contributed by atoms with Gasteiger partial charge in [0.1, 0.15) is 0 Å². The third kappa shape index (κ3) is 3.77. The quantitative estimate of drug-likeness (QED) is 0.746. The molecule has 1 rings (SSSR count). The summed E-state index contributed by atoms with van der Waals surface area (Å²) in [5, 5.41) is -0.182. The molecular weight excluding hydrogens is 356 g/mol. The van der Waals surface area contributed by atoms with E-state index in [-0.39, 0.29) is 0 Å². The van der Waals surface area contributed by atoms with Crippen molar-refractivity contribution in [2.75, 3.05) is 20.5 Å². The maximum absolute atomic E-state index is 11.6. The van der Waals surface area contributed by atoms with Gasteiger partial charge in [0.25, 0.3) is 0 Å². The van der Waals surface area contributed by atoms with Crippen LogP contribution in [0.4, 0.5) is 0 Å². The van der Waals surface area contributed by atoms with Crippen LogP contribution in [0.5, 0.6) is 11.5 Å². The van der Waals surface area contributed by atoms with Crippen LogP contribution in [0.3, 0.4) is 0 Å². The summed E-state index contributed by atoms with van der Waals surface area (Å²) in [5.74, 6) is 1.01. The average molecular weight is 372 g/mol. The number of rotatable bonds is 5. The molecule has 0 radical (unpaired) electrons. The minimum atomic E-state index is -3.18. The van der Waals surface area contributed by atoms with Gasteiger partial charge in [0.05, 0.1) is 24.3 Å². The Kier molecular flexibility index (Phi) is 5.53. The van der Waals surface area contributed by atoms with Crippen LogP contribution in [0.15, 0.2) is 12.1 Å². The molecular formula is C12H16BrClO4S. The fourth-order valence-corrected chi connectivity index (χ4v) is 4.09. The second kappa shape index (κ2) is 6.33. The van der Waals surface area contributed by atoms with Crippen LogP contribution >= 0.6 is 27.5 Å². The fourth-order valence-electron chi connectivity index (χ4n) is 1.55. The molecule has 1 aromatic carbocycles. The summed E-state index contributed by atoms with van der Waals surface area (Å²) < 4.78 is 33.5. The minimum Gasteiger partial charge on any atom is -0.493 e. The standard InChI is InChI=1S/C12H16BrClO4S/c1-7(19(4,15)16)12(13)8-5-10(17-2)11(18-3)6-9(8)14/h5-7,12H,1-4H3. The lowest BCUT2D eigenvalue weighted by atomic mass is 10.1. The predicted molar refractivity (Wildman–Crippen MR) is 80.5 cm³/mol. The van der Waals surface area contributed by atoms with E-state index in [0.717, 1.165) is 0 Å². The van der Waals surface area contributed by atoms with Crippen LogP contribution in [-0.2, 0) is 9.84 Å². The van der Waals surface area contributed by atoms with E-state index in [1.54, 1.807) is 19.1 Å². The van der Waals surface area contributed by atoms with E-state index in [2.05, 4.69) is 15.9 Å². The first-order valence-electron chi connectivity index (χ1n) is 5.46. The highest BCUT2D eigenvalue weighted by Gasteiger charge is 2.27. The topological polar surface area (TPSA) is 52.6 Å². The van der Waals surface area contributed by atoms with Crippen molar-refractivity contribution in [3.63, 3.8) is 0 Å². The molecule has 0 fully saturated rings. The maximum Gasteiger partial charge on any atom is 0.162 e. The number of ether oxygens (including phenoxy) is 2. The number of methoxy groups -OCH3 is 2. The van der Waals surface area contributed by atoms with Gasteiger partial charge in [0.2, 0.25) is 0 Å². The van der Waals surface area contributed by atoms with Crippen LogP contribution in [0.25, 0.3) is 0 Å². The number of alkyl halides is 1. The van der Waals surface area contributed by atoms with Crippen molar-refractivity contribution in [1.29, 1.82) is 0 Å². The zero-order valence-electron chi connectivity index (χ0n) is 11.1. The molecule has 0 aromatic heterocycles. The van der Waals surface area contributed by atoms with Crippen molar-refractivity contribution in [3.8, 4) is 11.5 Å². The lowest BCUT2D eigenvalue weighted by Gasteiger charge is -2.20. The van der Waals surface area contributed by atoms with Crippen molar-refractivity contribution >= 4 is 37.4 Å². The first-order valence-corrected chi connectivity index (χ1v) is 8.71. The molecule has 19 heavy (non-hydrogen) atoms. The second-order valence-corrected chi connectivity index (χ2v) is 7.96. The number of hydrogen-bond acceptors (Lipinski definition) is 4. The molecule has 7 heteroatoms. The maximum atomic E-state index is 11.6. The molecule has 0 N–H and O–H groups in total. The highest BCUT2D eigenvalue weighted by molar-refractivity contribution is 9.09. The van der Waals surface area contributed by atoms with E-state index < -0.39 is 19.9 Å². The molecule has 2 unspecified atom stereocenters. The Morgan fingerprint density at radius 3 is 2.11 bits per heavy atom. The van der Waals surface area contributed by atoms with Gasteiger partial charge in [-0.05, 0) is 18.6 Å². The summed E-state index contributed by atoms with van der Waals surface area (Å²) >= 11 is 9.55. The first kappa shape index (κ1) is 16.6. The van der Waals surface area contributed by atoms with E-state index in [9.17, 15) is 8.42 Å². The van der Waals surface area contributed by atoms with Gasteiger partial charge < -0.3 is 9.47 Å². The van der Waals surface area contributed by atoms with E-state index in [1.165, 1.54) is 20.5 Å². The van der Waals surface area contributed by atoms with Gasteiger partial charge in [-0.3, -0.25) is 0 Å². The summed E-state index contributed by atoms with van der Waals surface area (Å²) in [6.07, 6.45) is 1.20. The van der Waals surface area contributed by atoms with E-state index in [4.69, 9.17) is 21.1 Å². The number of halogens is 2. The summed E-state index contributed by atoms with van der Waals surface area (Å²) in [6, 6.07) is 3.29. The molecule has 0 bridgehead atoms. The van der Waals surface area contributed by atoms with Gasteiger partial charge in [-0.15, -0.1) is 0 Å². The molecule has 2 atom stereocenters. The summed E-state index contributed by atoms with van der Waals surface area (Å²) in [7, 11) is -0.155. The normalized spacial score (nSPS) is 14.8. The van der Waals surface area contributed by atoms with Crippen LogP contribution in [0.2, 0.25) is 5.02 Å². The van der Waals surface area contributed by atoms with Gasteiger partial charge in [-0.1, -0.05) is 27.5 Å². The number of benzene rings is 1. The Hall–Kier alpha value is -0.460. The molecule has 0 saturated heterocycles. The monoisotopic (exact) mass is 370 g/mol. The molecule has 108 valence electrons. The van der Waals surface area contributed by atoms with Gasteiger partial charge in [0.15, 0.2) is 21.3 Å². The summed E-state index contributed by atoms with van der Waals surface area (Å²) in [6.45, 7) is 1.63. The van der Waals surface area contributed by atoms with E-state index in [1.807, 2.05) is 0 Å². The second-order valence-electron chi connectivity index (χ2n) is 4.17. The molecule has 0 heterocycles. The van der Waals surface area contributed by atoms with Crippen LogP contribution in [0.1, 0.15) is 17.3 Å². The molecule has 0 aliphatic rings. The first-order chi connectivity index (χ1) is 8.72. The Morgan fingerprint density at radius 1 is 1.21 bits per heavy atom. The van der Waals surface area contributed by atoms with Crippen molar-refractivity contribution in [1.82, 2.24) is 0 Å². The number of sulfone groups is 1. The Balaban J connectivity index is 3.28. The summed E-state index contributed by atoms with van der Waals surface area (Å²) in [4.78, 5) is -0.421. The third-order valence-electron chi connectivity index (χ3n) is 2.89. The van der Waals surface area contributed by atoms with Gasteiger partial charge in [-0.25, -0.2) is 8.42 Å². The Morgan fingerprint density at radius 2 is 1.68 bits per heavy atom. The van der Waals surface area contributed by atoms with Crippen molar-refractivity contribution in [2.45, 2.75) is 17.0 Å². The van der Waals surface area contributed by atoms with Crippen molar-refractivity contribution < 1.29 is 17.9 Å². The molecule has 0 aliphatic carbocycles. The van der Waals surface area contributed by atoms with Gasteiger partial charge >= 0.3 is 0 Å². The van der Waals surface area contributed by atoms with E-state index >= 15 is 0 Å².